The summed E-state index contributed by atoms with van der Waals surface area (Å²) in [6.45, 7) is 6.14. The van der Waals surface area contributed by atoms with Gasteiger partial charge in [-0.25, -0.2) is 4.79 Å². The van der Waals surface area contributed by atoms with Gasteiger partial charge in [0, 0.05) is 17.5 Å². The Morgan fingerprint density at radius 2 is 1.68 bits per heavy atom. The van der Waals surface area contributed by atoms with Crippen molar-refractivity contribution in [2.45, 2.75) is 71.0 Å². The molecule has 2 atom stereocenters. The number of rotatable bonds is 6. The Bertz CT molecular complexity index is 553. The topological polar surface area (TPSA) is 74.8 Å². The summed E-state index contributed by atoms with van der Waals surface area (Å²) in [5, 5.41) is 7.48. The fraction of sp³-hybridized carbons (Fsp3) is 0.600. The molecule has 0 spiro atoms. The highest BCUT2D eigenvalue weighted by atomic mass is 16.2. The number of urea groups is 1. The minimum atomic E-state index is -0.363. The van der Waals surface area contributed by atoms with Crippen LogP contribution in [0.4, 0.5) is 4.79 Å². The maximum absolute atomic E-state index is 12.4. The summed E-state index contributed by atoms with van der Waals surface area (Å²) >= 11 is 0. The molecule has 0 saturated heterocycles. The van der Waals surface area contributed by atoms with Crippen molar-refractivity contribution in [2.75, 3.05) is 0 Å². The first-order valence-corrected chi connectivity index (χ1v) is 9.48. The van der Waals surface area contributed by atoms with E-state index in [1.165, 1.54) is 12.0 Å². The van der Waals surface area contributed by atoms with Gasteiger partial charge in [-0.2, -0.15) is 0 Å². The van der Waals surface area contributed by atoms with Crippen LogP contribution in [0.5, 0.6) is 0 Å². The number of carbonyl (C=O) groups is 2. The first-order valence-electron chi connectivity index (χ1n) is 9.48. The van der Waals surface area contributed by atoms with Gasteiger partial charge < -0.3 is 10.6 Å². The largest absolute Gasteiger partial charge is 0.335 e. The number of nitrogens with one attached hydrogen (secondary N) is 2. The summed E-state index contributed by atoms with van der Waals surface area (Å²) in [5.41, 5.74) is 1.20. The van der Waals surface area contributed by atoms with Crippen LogP contribution in [0.15, 0.2) is 30.3 Å². The van der Waals surface area contributed by atoms with Crippen LogP contribution >= 0.6 is 0 Å². The van der Waals surface area contributed by atoms with Crippen LogP contribution in [0.25, 0.3) is 0 Å². The zero-order chi connectivity index (χ0) is 18.2. The standard InChI is InChI=1S/C20H31N3O2/c1-14(2)18(16-10-6-4-7-11-16)21-15(3)19(24)23-20(25)22-17-12-8-5-9-13-17/h4,6-7,10-11,14-15,17-18,21H,5,8-9,12-13H2,1-3H3,(H2,22,23,24,25)/p+1/t15-,18+/m0/s1. The Hall–Kier alpha value is -1.88. The van der Waals surface area contributed by atoms with Crippen LogP contribution in [0.3, 0.4) is 0 Å². The van der Waals surface area contributed by atoms with Crippen molar-refractivity contribution in [3.63, 3.8) is 0 Å². The quantitative estimate of drug-likeness (QED) is 0.740. The number of nitrogens with two attached hydrogens (primary N) is 1. The molecule has 25 heavy (non-hydrogen) atoms. The van der Waals surface area contributed by atoms with E-state index in [1.807, 2.05) is 30.4 Å². The van der Waals surface area contributed by atoms with Gasteiger partial charge >= 0.3 is 6.03 Å². The van der Waals surface area contributed by atoms with Crippen molar-refractivity contribution < 1.29 is 14.9 Å². The van der Waals surface area contributed by atoms with Gasteiger partial charge in [0.1, 0.15) is 6.04 Å². The molecule has 0 aliphatic heterocycles. The molecule has 138 valence electrons. The molecule has 1 saturated carbocycles. The van der Waals surface area contributed by atoms with Crippen molar-refractivity contribution >= 4 is 11.9 Å². The predicted octanol–water partition coefficient (Wildman–Crippen LogP) is 2.49. The molecule has 1 aliphatic carbocycles. The highest BCUT2D eigenvalue weighted by Gasteiger charge is 2.27. The van der Waals surface area contributed by atoms with Crippen molar-refractivity contribution in [1.29, 1.82) is 0 Å². The third-order valence-corrected chi connectivity index (χ3v) is 4.99. The molecule has 1 aromatic rings. The second-order valence-corrected chi connectivity index (χ2v) is 7.46. The summed E-state index contributed by atoms with van der Waals surface area (Å²) in [7, 11) is 0. The van der Waals surface area contributed by atoms with Crippen molar-refractivity contribution in [2.24, 2.45) is 5.92 Å². The molecule has 3 amide bonds. The van der Waals surface area contributed by atoms with Gasteiger partial charge in [-0.05, 0) is 19.8 Å². The van der Waals surface area contributed by atoms with Crippen LogP contribution < -0.4 is 16.0 Å². The third kappa shape index (κ3) is 6.16. The maximum atomic E-state index is 12.4. The van der Waals surface area contributed by atoms with Crippen LogP contribution in [-0.2, 0) is 4.79 Å². The van der Waals surface area contributed by atoms with Gasteiger partial charge in [-0.3, -0.25) is 10.1 Å². The number of carbonyl (C=O) groups excluding carboxylic acids is 2. The maximum Gasteiger partial charge on any atom is 0.321 e. The first-order chi connectivity index (χ1) is 12.0. The number of quaternary nitrogens is 1. The van der Waals surface area contributed by atoms with Crippen LogP contribution in [0.1, 0.15) is 64.5 Å². The van der Waals surface area contributed by atoms with E-state index in [0.29, 0.717) is 5.92 Å². The van der Waals surface area contributed by atoms with E-state index in [1.54, 1.807) is 0 Å². The molecule has 5 nitrogen and oxygen atoms in total. The summed E-state index contributed by atoms with van der Waals surface area (Å²) in [6.07, 6.45) is 5.55. The van der Waals surface area contributed by atoms with Crippen molar-refractivity contribution in [1.82, 2.24) is 10.6 Å². The number of benzene rings is 1. The van der Waals surface area contributed by atoms with E-state index in [0.717, 1.165) is 25.7 Å². The predicted molar refractivity (Wildman–Crippen MR) is 99.0 cm³/mol. The lowest BCUT2D eigenvalue weighted by Gasteiger charge is -2.24. The molecule has 0 aromatic heterocycles. The van der Waals surface area contributed by atoms with Crippen LogP contribution in [0, 0.1) is 5.92 Å². The summed E-state index contributed by atoms with van der Waals surface area (Å²) < 4.78 is 0. The van der Waals surface area contributed by atoms with E-state index >= 15 is 0 Å². The van der Waals surface area contributed by atoms with Crippen molar-refractivity contribution in [3.05, 3.63) is 35.9 Å². The Morgan fingerprint density at radius 1 is 1.04 bits per heavy atom. The fourth-order valence-corrected chi connectivity index (χ4v) is 3.49. The van der Waals surface area contributed by atoms with E-state index in [2.05, 4.69) is 36.6 Å². The average Bonchev–Trinajstić information content (AvgIpc) is 2.60. The lowest BCUT2D eigenvalue weighted by atomic mass is 9.95. The molecule has 4 N–H and O–H groups in total. The number of imide groups is 1. The lowest BCUT2D eigenvalue weighted by molar-refractivity contribution is -0.719. The Morgan fingerprint density at radius 3 is 2.28 bits per heavy atom. The Kier molecular flexibility index (Phi) is 7.44. The second-order valence-electron chi connectivity index (χ2n) is 7.46. The minimum Gasteiger partial charge on any atom is -0.335 e. The van der Waals surface area contributed by atoms with Gasteiger partial charge in [0.15, 0.2) is 6.04 Å². The Balaban J connectivity index is 1.86. The molecule has 1 aromatic carbocycles. The smallest absolute Gasteiger partial charge is 0.321 e. The van der Waals surface area contributed by atoms with E-state index in [-0.39, 0.29) is 30.1 Å². The molecule has 0 unspecified atom stereocenters. The second kappa shape index (κ2) is 9.56. The highest BCUT2D eigenvalue weighted by molar-refractivity contribution is 5.96. The number of amides is 3. The van der Waals surface area contributed by atoms with Gasteiger partial charge in [0.25, 0.3) is 5.91 Å². The first kappa shape index (κ1) is 19.4. The summed E-state index contributed by atoms with van der Waals surface area (Å²) in [6, 6.07) is 9.89. The highest BCUT2D eigenvalue weighted by Crippen LogP contribution is 2.18. The van der Waals surface area contributed by atoms with Crippen LogP contribution in [0.2, 0.25) is 0 Å². The molecule has 5 heteroatoms. The molecule has 0 heterocycles. The fourth-order valence-electron chi connectivity index (χ4n) is 3.49. The summed E-state index contributed by atoms with van der Waals surface area (Å²) in [5.74, 6) is 0.142. The minimum absolute atomic E-state index is 0.184. The van der Waals surface area contributed by atoms with Crippen molar-refractivity contribution in [3.8, 4) is 0 Å². The molecular weight excluding hydrogens is 314 g/mol. The third-order valence-electron chi connectivity index (χ3n) is 4.99. The number of hydrogen-bond donors (Lipinski definition) is 3. The molecule has 0 radical (unpaired) electrons. The molecule has 0 bridgehead atoms. The van der Waals surface area contributed by atoms with Gasteiger partial charge in [0.2, 0.25) is 0 Å². The van der Waals surface area contributed by atoms with Gasteiger partial charge in [0.05, 0.1) is 0 Å². The van der Waals surface area contributed by atoms with Gasteiger partial charge in [-0.15, -0.1) is 0 Å². The average molecular weight is 346 g/mol. The van der Waals surface area contributed by atoms with E-state index in [9.17, 15) is 9.59 Å². The number of hydrogen-bond acceptors (Lipinski definition) is 2. The lowest BCUT2D eigenvalue weighted by Crippen LogP contribution is -2.93. The Labute approximate surface area is 151 Å². The molecule has 2 rings (SSSR count). The summed E-state index contributed by atoms with van der Waals surface area (Å²) in [4.78, 5) is 24.4. The van der Waals surface area contributed by atoms with E-state index in [4.69, 9.17) is 0 Å². The monoisotopic (exact) mass is 346 g/mol. The van der Waals surface area contributed by atoms with E-state index < -0.39 is 0 Å². The SMILES string of the molecule is CC(C)[C@@H]([NH2+][C@@H](C)C(=O)NC(=O)NC1CCCCC1)c1ccccc1. The molecule has 1 aliphatic rings. The van der Waals surface area contributed by atoms with Gasteiger partial charge in [-0.1, -0.05) is 63.4 Å². The zero-order valence-corrected chi connectivity index (χ0v) is 15.6. The van der Waals surface area contributed by atoms with Crippen LogP contribution in [-0.4, -0.2) is 24.0 Å². The normalized spacial score (nSPS) is 17.8. The molecule has 1 fully saturated rings. The molecular formula is C20H32N3O2+. The zero-order valence-electron chi connectivity index (χ0n) is 15.6.